The van der Waals surface area contributed by atoms with Gasteiger partial charge < -0.3 is 4.90 Å². The van der Waals surface area contributed by atoms with Gasteiger partial charge in [-0.05, 0) is 24.3 Å². The van der Waals surface area contributed by atoms with E-state index in [1.54, 1.807) is 0 Å². The van der Waals surface area contributed by atoms with E-state index in [9.17, 15) is 4.79 Å². The molecule has 1 saturated heterocycles. The van der Waals surface area contributed by atoms with E-state index < -0.39 is 0 Å². The van der Waals surface area contributed by atoms with Crippen molar-refractivity contribution in [3.8, 4) is 0 Å². The van der Waals surface area contributed by atoms with E-state index >= 15 is 0 Å². The molecule has 108 valence electrons. The lowest BCUT2D eigenvalue weighted by atomic mass is 10.2. The molecule has 0 aromatic heterocycles. The van der Waals surface area contributed by atoms with Gasteiger partial charge in [-0.25, -0.2) is 5.01 Å². The molecule has 1 N–H and O–H groups in total. The summed E-state index contributed by atoms with van der Waals surface area (Å²) in [6.07, 6.45) is 0. The average Bonchev–Trinajstić information content (AvgIpc) is 2.57. The average molecular weight is 281 g/mol. The van der Waals surface area contributed by atoms with Crippen LogP contribution in [0, 0.1) is 0 Å². The van der Waals surface area contributed by atoms with E-state index in [0.29, 0.717) is 5.56 Å². The zero-order valence-electron chi connectivity index (χ0n) is 11.9. The molecule has 21 heavy (non-hydrogen) atoms. The highest BCUT2D eigenvalue weighted by atomic mass is 16.2. The van der Waals surface area contributed by atoms with E-state index in [2.05, 4.69) is 34.6 Å². The van der Waals surface area contributed by atoms with Gasteiger partial charge in [-0.3, -0.25) is 10.2 Å². The van der Waals surface area contributed by atoms with E-state index in [4.69, 9.17) is 0 Å². The summed E-state index contributed by atoms with van der Waals surface area (Å²) in [5.74, 6) is -0.0382. The molecule has 2 aromatic carbocycles. The van der Waals surface area contributed by atoms with Gasteiger partial charge in [0.05, 0.1) is 0 Å². The Kier molecular flexibility index (Phi) is 4.17. The fourth-order valence-electron chi connectivity index (χ4n) is 2.51. The summed E-state index contributed by atoms with van der Waals surface area (Å²) in [4.78, 5) is 14.4. The standard InChI is InChI=1S/C17H19N3O/c21-17(15-7-3-1-4-8-15)18-20-13-11-19(12-14-20)16-9-5-2-6-10-16/h1-10H,11-14H2,(H,18,21). The topological polar surface area (TPSA) is 35.6 Å². The zero-order chi connectivity index (χ0) is 14.5. The number of amides is 1. The van der Waals surface area contributed by atoms with Crippen molar-refractivity contribution in [2.45, 2.75) is 0 Å². The molecule has 0 aliphatic carbocycles. The van der Waals surface area contributed by atoms with Crippen LogP contribution in [0.4, 0.5) is 5.69 Å². The van der Waals surface area contributed by atoms with Crippen LogP contribution in [-0.2, 0) is 0 Å². The van der Waals surface area contributed by atoms with Gasteiger partial charge in [0.2, 0.25) is 0 Å². The minimum atomic E-state index is -0.0382. The van der Waals surface area contributed by atoms with Crippen LogP contribution < -0.4 is 10.3 Å². The minimum absolute atomic E-state index is 0.0382. The fourth-order valence-corrected chi connectivity index (χ4v) is 2.51. The molecule has 1 heterocycles. The Balaban J connectivity index is 1.53. The first-order valence-corrected chi connectivity index (χ1v) is 7.24. The monoisotopic (exact) mass is 281 g/mol. The molecule has 1 aliphatic heterocycles. The summed E-state index contributed by atoms with van der Waals surface area (Å²) in [6, 6.07) is 19.7. The van der Waals surface area contributed by atoms with E-state index in [1.807, 2.05) is 41.4 Å². The Hall–Kier alpha value is -2.33. The van der Waals surface area contributed by atoms with Crippen LogP contribution in [0.1, 0.15) is 10.4 Å². The number of carbonyl (C=O) groups is 1. The highest BCUT2D eigenvalue weighted by Crippen LogP contribution is 2.14. The summed E-state index contributed by atoms with van der Waals surface area (Å²) < 4.78 is 0. The molecule has 0 radical (unpaired) electrons. The predicted molar refractivity (Wildman–Crippen MR) is 84.1 cm³/mol. The second-order valence-electron chi connectivity index (χ2n) is 5.12. The van der Waals surface area contributed by atoms with Crippen molar-refractivity contribution < 1.29 is 4.79 Å². The first kappa shape index (κ1) is 13.6. The van der Waals surface area contributed by atoms with Crippen molar-refractivity contribution in [1.29, 1.82) is 0 Å². The molecule has 4 heteroatoms. The molecule has 0 unspecified atom stereocenters. The van der Waals surface area contributed by atoms with Crippen LogP contribution in [0.25, 0.3) is 0 Å². The Morgan fingerprint density at radius 2 is 1.38 bits per heavy atom. The summed E-state index contributed by atoms with van der Waals surface area (Å²) >= 11 is 0. The molecule has 1 fully saturated rings. The maximum atomic E-state index is 12.1. The number of hydrazine groups is 1. The SMILES string of the molecule is O=C(NN1CCN(c2ccccc2)CC1)c1ccccc1. The Morgan fingerprint density at radius 3 is 2.00 bits per heavy atom. The number of anilines is 1. The number of para-hydroxylation sites is 1. The number of hydrogen-bond acceptors (Lipinski definition) is 3. The second-order valence-corrected chi connectivity index (χ2v) is 5.12. The largest absolute Gasteiger partial charge is 0.369 e. The lowest BCUT2D eigenvalue weighted by Gasteiger charge is -2.36. The highest BCUT2D eigenvalue weighted by molar-refractivity contribution is 5.93. The zero-order valence-corrected chi connectivity index (χ0v) is 11.9. The molecule has 0 saturated carbocycles. The highest BCUT2D eigenvalue weighted by Gasteiger charge is 2.18. The summed E-state index contributed by atoms with van der Waals surface area (Å²) in [5, 5.41) is 1.99. The molecular formula is C17H19N3O. The predicted octanol–water partition coefficient (Wildman–Crippen LogP) is 2.15. The maximum Gasteiger partial charge on any atom is 0.265 e. The molecule has 4 nitrogen and oxygen atoms in total. The maximum absolute atomic E-state index is 12.1. The molecule has 0 atom stereocenters. The van der Waals surface area contributed by atoms with Crippen LogP contribution in [0.2, 0.25) is 0 Å². The van der Waals surface area contributed by atoms with Crippen molar-refractivity contribution >= 4 is 11.6 Å². The first-order valence-electron chi connectivity index (χ1n) is 7.24. The summed E-state index contributed by atoms with van der Waals surface area (Å²) in [7, 11) is 0. The third kappa shape index (κ3) is 3.41. The first-order chi connectivity index (χ1) is 10.3. The van der Waals surface area contributed by atoms with Crippen molar-refractivity contribution in [3.63, 3.8) is 0 Å². The second kappa shape index (κ2) is 6.41. The van der Waals surface area contributed by atoms with Crippen LogP contribution in [0.3, 0.4) is 0 Å². The van der Waals surface area contributed by atoms with Crippen molar-refractivity contribution in [2.75, 3.05) is 31.1 Å². The number of rotatable bonds is 3. The van der Waals surface area contributed by atoms with Gasteiger partial charge in [-0.2, -0.15) is 0 Å². The number of hydrogen-bond donors (Lipinski definition) is 1. The molecule has 0 spiro atoms. The van der Waals surface area contributed by atoms with E-state index in [1.165, 1.54) is 5.69 Å². The minimum Gasteiger partial charge on any atom is -0.369 e. The van der Waals surface area contributed by atoms with Crippen LogP contribution in [0.5, 0.6) is 0 Å². The summed E-state index contributed by atoms with van der Waals surface area (Å²) in [6.45, 7) is 3.49. The quantitative estimate of drug-likeness (QED) is 0.936. The molecule has 0 bridgehead atoms. The Labute approximate surface area is 125 Å². The number of carbonyl (C=O) groups excluding carboxylic acids is 1. The third-order valence-corrected chi connectivity index (χ3v) is 3.70. The van der Waals surface area contributed by atoms with Crippen LogP contribution in [-0.4, -0.2) is 37.1 Å². The van der Waals surface area contributed by atoms with Gasteiger partial charge >= 0.3 is 0 Å². The Bertz CT molecular complexity index is 577. The van der Waals surface area contributed by atoms with E-state index in [-0.39, 0.29) is 5.91 Å². The van der Waals surface area contributed by atoms with Crippen LogP contribution in [0.15, 0.2) is 60.7 Å². The van der Waals surface area contributed by atoms with Gasteiger partial charge in [0.25, 0.3) is 5.91 Å². The normalized spacial score (nSPS) is 15.7. The summed E-state index contributed by atoms with van der Waals surface area (Å²) in [5.41, 5.74) is 4.91. The van der Waals surface area contributed by atoms with Crippen molar-refractivity contribution in [3.05, 3.63) is 66.2 Å². The lowest BCUT2D eigenvalue weighted by Crippen LogP contribution is -2.53. The van der Waals surface area contributed by atoms with Gasteiger partial charge in [-0.15, -0.1) is 0 Å². The smallest absolute Gasteiger partial charge is 0.265 e. The Morgan fingerprint density at radius 1 is 0.810 bits per heavy atom. The molecule has 1 amide bonds. The van der Waals surface area contributed by atoms with Crippen molar-refractivity contribution in [1.82, 2.24) is 10.4 Å². The molecule has 3 rings (SSSR count). The van der Waals surface area contributed by atoms with E-state index in [0.717, 1.165) is 26.2 Å². The number of piperazine rings is 1. The number of benzene rings is 2. The molecule has 1 aliphatic rings. The van der Waals surface area contributed by atoms with Gasteiger partial charge in [-0.1, -0.05) is 36.4 Å². The third-order valence-electron chi connectivity index (χ3n) is 3.70. The van der Waals surface area contributed by atoms with Crippen LogP contribution >= 0.6 is 0 Å². The lowest BCUT2D eigenvalue weighted by molar-refractivity contribution is 0.0777. The van der Waals surface area contributed by atoms with Gasteiger partial charge in [0.1, 0.15) is 0 Å². The van der Waals surface area contributed by atoms with Gasteiger partial charge in [0.15, 0.2) is 0 Å². The number of nitrogens with zero attached hydrogens (tertiary/aromatic N) is 2. The van der Waals surface area contributed by atoms with Crippen molar-refractivity contribution in [2.24, 2.45) is 0 Å². The molecule has 2 aromatic rings. The fraction of sp³-hybridized carbons (Fsp3) is 0.235. The van der Waals surface area contributed by atoms with Gasteiger partial charge in [0, 0.05) is 37.4 Å². The number of nitrogens with one attached hydrogen (secondary N) is 1. The molecular weight excluding hydrogens is 262 g/mol.